The zero-order valence-corrected chi connectivity index (χ0v) is 13.5. The van der Waals surface area contributed by atoms with E-state index in [1.807, 2.05) is 19.1 Å². The van der Waals surface area contributed by atoms with Crippen LogP contribution in [-0.4, -0.2) is 41.0 Å². The summed E-state index contributed by atoms with van der Waals surface area (Å²) in [5.74, 6) is -0.846. The molecular formula is C15H19BrN2O3. The number of rotatable bonds is 4. The first-order valence-corrected chi connectivity index (χ1v) is 7.75. The molecule has 0 bridgehead atoms. The first kappa shape index (κ1) is 16.0. The molecule has 2 amide bonds. The van der Waals surface area contributed by atoms with Crippen LogP contribution in [0, 0.1) is 5.92 Å². The van der Waals surface area contributed by atoms with Crippen LogP contribution < -0.4 is 5.73 Å². The molecule has 1 aromatic rings. The standard InChI is InChI=1S/C15H19BrN2O3/c1-2-9-5-10(3-4-12(9)16)15(21)18-7-11(6-14(17)20)13(19)8-18/h3-5,11,13,19H,2,6-8H2,1H3,(H2,17,20)/t11-,13-/m1/s1. The number of aliphatic hydroxyl groups excluding tert-OH is 1. The van der Waals surface area contributed by atoms with Crippen LogP contribution in [0.4, 0.5) is 0 Å². The van der Waals surface area contributed by atoms with Gasteiger partial charge in [0, 0.05) is 35.5 Å². The van der Waals surface area contributed by atoms with Crippen LogP contribution in [0.3, 0.4) is 0 Å². The third kappa shape index (κ3) is 3.63. The lowest BCUT2D eigenvalue weighted by Crippen LogP contribution is -2.29. The average molecular weight is 355 g/mol. The predicted molar refractivity (Wildman–Crippen MR) is 82.7 cm³/mol. The summed E-state index contributed by atoms with van der Waals surface area (Å²) in [7, 11) is 0. The molecule has 0 radical (unpaired) electrons. The number of hydrogen-bond donors (Lipinski definition) is 2. The number of likely N-dealkylation sites (tertiary alicyclic amines) is 1. The zero-order valence-electron chi connectivity index (χ0n) is 11.9. The minimum Gasteiger partial charge on any atom is -0.391 e. The van der Waals surface area contributed by atoms with Gasteiger partial charge in [-0.05, 0) is 30.2 Å². The van der Waals surface area contributed by atoms with Gasteiger partial charge in [-0.1, -0.05) is 22.9 Å². The number of hydrogen-bond acceptors (Lipinski definition) is 3. The number of benzene rings is 1. The number of aryl methyl sites for hydroxylation is 1. The maximum Gasteiger partial charge on any atom is 0.253 e. The summed E-state index contributed by atoms with van der Waals surface area (Å²) in [5.41, 5.74) is 6.83. The molecule has 114 valence electrons. The van der Waals surface area contributed by atoms with E-state index in [0.29, 0.717) is 12.1 Å². The summed E-state index contributed by atoms with van der Waals surface area (Å²) in [6.45, 7) is 2.63. The molecule has 1 aliphatic heterocycles. The van der Waals surface area contributed by atoms with E-state index in [1.165, 1.54) is 0 Å². The summed E-state index contributed by atoms with van der Waals surface area (Å²) in [4.78, 5) is 25.0. The van der Waals surface area contributed by atoms with Gasteiger partial charge in [-0.25, -0.2) is 0 Å². The molecule has 1 aliphatic rings. The maximum absolute atomic E-state index is 12.5. The van der Waals surface area contributed by atoms with Crippen molar-refractivity contribution >= 4 is 27.7 Å². The molecule has 5 nitrogen and oxygen atoms in total. The lowest BCUT2D eigenvalue weighted by Gasteiger charge is -2.16. The van der Waals surface area contributed by atoms with Crippen molar-refractivity contribution in [2.24, 2.45) is 11.7 Å². The Hall–Kier alpha value is -1.40. The van der Waals surface area contributed by atoms with Crippen molar-refractivity contribution in [3.63, 3.8) is 0 Å². The van der Waals surface area contributed by atoms with Crippen LogP contribution in [0.5, 0.6) is 0 Å². The highest BCUT2D eigenvalue weighted by molar-refractivity contribution is 9.10. The second-order valence-corrected chi connectivity index (χ2v) is 6.22. The van der Waals surface area contributed by atoms with Crippen molar-refractivity contribution in [3.05, 3.63) is 33.8 Å². The summed E-state index contributed by atoms with van der Waals surface area (Å²) in [6.07, 6.45) is 0.239. The zero-order chi connectivity index (χ0) is 15.6. The molecule has 0 aliphatic carbocycles. The molecule has 1 heterocycles. The van der Waals surface area contributed by atoms with Crippen LogP contribution in [0.2, 0.25) is 0 Å². The number of aliphatic hydroxyl groups is 1. The molecule has 2 atom stereocenters. The van der Waals surface area contributed by atoms with E-state index in [9.17, 15) is 14.7 Å². The third-order valence-corrected chi connectivity index (χ3v) is 4.60. The van der Waals surface area contributed by atoms with Gasteiger partial charge < -0.3 is 15.7 Å². The van der Waals surface area contributed by atoms with Crippen molar-refractivity contribution in [2.45, 2.75) is 25.9 Å². The monoisotopic (exact) mass is 354 g/mol. The fourth-order valence-corrected chi connectivity index (χ4v) is 3.17. The fourth-order valence-electron chi connectivity index (χ4n) is 2.64. The molecule has 0 unspecified atom stereocenters. The van der Waals surface area contributed by atoms with Crippen LogP contribution in [0.15, 0.2) is 22.7 Å². The molecule has 0 saturated carbocycles. The molecule has 3 N–H and O–H groups in total. The number of carbonyl (C=O) groups excluding carboxylic acids is 2. The second kappa shape index (κ2) is 6.58. The number of halogens is 1. The highest BCUT2D eigenvalue weighted by Crippen LogP contribution is 2.24. The molecule has 1 saturated heterocycles. The van der Waals surface area contributed by atoms with Crippen LogP contribution in [-0.2, 0) is 11.2 Å². The fraction of sp³-hybridized carbons (Fsp3) is 0.467. The third-order valence-electron chi connectivity index (χ3n) is 3.83. The lowest BCUT2D eigenvalue weighted by atomic mass is 10.0. The number of nitrogens with two attached hydrogens (primary N) is 1. The molecular weight excluding hydrogens is 336 g/mol. The second-order valence-electron chi connectivity index (χ2n) is 5.37. The Kier molecular flexibility index (Phi) is 5.00. The Morgan fingerprint density at radius 3 is 2.76 bits per heavy atom. The van der Waals surface area contributed by atoms with E-state index < -0.39 is 12.0 Å². The SMILES string of the molecule is CCc1cc(C(=O)N2C[C@@H](CC(N)=O)[C@H](O)C2)ccc1Br. The van der Waals surface area contributed by atoms with Gasteiger partial charge in [0.15, 0.2) is 0 Å². The number of carbonyl (C=O) groups is 2. The van der Waals surface area contributed by atoms with E-state index in [1.54, 1.807) is 11.0 Å². The van der Waals surface area contributed by atoms with Crippen molar-refractivity contribution in [1.29, 1.82) is 0 Å². The molecule has 21 heavy (non-hydrogen) atoms. The normalized spacial score (nSPS) is 21.6. The van der Waals surface area contributed by atoms with Gasteiger partial charge in [0.25, 0.3) is 5.91 Å². The van der Waals surface area contributed by atoms with Crippen LogP contribution in [0.25, 0.3) is 0 Å². The van der Waals surface area contributed by atoms with Gasteiger partial charge in [0.1, 0.15) is 0 Å². The van der Waals surface area contributed by atoms with Crippen LogP contribution in [0.1, 0.15) is 29.3 Å². The quantitative estimate of drug-likeness (QED) is 0.855. The first-order chi connectivity index (χ1) is 9.92. The van der Waals surface area contributed by atoms with Gasteiger partial charge in [0.05, 0.1) is 6.10 Å². The Morgan fingerprint density at radius 1 is 1.43 bits per heavy atom. The van der Waals surface area contributed by atoms with E-state index in [4.69, 9.17) is 5.73 Å². The van der Waals surface area contributed by atoms with E-state index in [2.05, 4.69) is 15.9 Å². The van der Waals surface area contributed by atoms with Crippen molar-refractivity contribution in [2.75, 3.05) is 13.1 Å². The van der Waals surface area contributed by atoms with Gasteiger partial charge in [-0.15, -0.1) is 0 Å². The summed E-state index contributed by atoms with van der Waals surface area (Å²) in [5, 5.41) is 9.94. The summed E-state index contributed by atoms with van der Waals surface area (Å²) >= 11 is 3.45. The Labute approximate surface area is 132 Å². The smallest absolute Gasteiger partial charge is 0.253 e. The van der Waals surface area contributed by atoms with Gasteiger partial charge >= 0.3 is 0 Å². The van der Waals surface area contributed by atoms with Gasteiger partial charge in [0.2, 0.25) is 5.91 Å². The minimum atomic E-state index is -0.692. The first-order valence-electron chi connectivity index (χ1n) is 6.96. The van der Waals surface area contributed by atoms with Crippen molar-refractivity contribution in [1.82, 2.24) is 4.90 Å². The number of nitrogens with zero attached hydrogens (tertiary/aromatic N) is 1. The molecule has 1 aromatic carbocycles. The summed E-state index contributed by atoms with van der Waals surface area (Å²) < 4.78 is 0.981. The Morgan fingerprint density at radius 2 is 2.14 bits per heavy atom. The highest BCUT2D eigenvalue weighted by Gasteiger charge is 2.35. The van der Waals surface area contributed by atoms with Crippen LogP contribution >= 0.6 is 15.9 Å². The van der Waals surface area contributed by atoms with Crippen molar-refractivity contribution < 1.29 is 14.7 Å². The average Bonchev–Trinajstić information content (AvgIpc) is 2.79. The maximum atomic E-state index is 12.5. The lowest BCUT2D eigenvalue weighted by molar-refractivity contribution is -0.119. The van der Waals surface area contributed by atoms with Gasteiger partial charge in [-0.3, -0.25) is 9.59 Å². The number of primary amides is 1. The van der Waals surface area contributed by atoms with E-state index in [0.717, 1.165) is 16.5 Å². The predicted octanol–water partition coefficient (Wildman–Crippen LogP) is 1.32. The van der Waals surface area contributed by atoms with Crippen molar-refractivity contribution in [3.8, 4) is 0 Å². The van der Waals surface area contributed by atoms with E-state index >= 15 is 0 Å². The largest absolute Gasteiger partial charge is 0.391 e. The van der Waals surface area contributed by atoms with E-state index in [-0.39, 0.29) is 24.8 Å². The highest BCUT2D eigenvalue weighted by atomic mass is 79.9. The Bertz CT molecular complexity index is 562. The van der Waals surface area contributed by atoms with Gasteiger partial charge in [-0.2, -0.15) is 0 Å². The minimum absolute atomic E-state index is 0.103. The molecule has 0 aromatic heterocycles. The number of β-amino-alcohol motifs (C(OH)–C–C–N with tert-alkyl or cyclic N) is 1. The molecule has 0 spiro atoms. The topological polar surface area (TPSA) is 83.6 Å². The number of amides is 2. The summed E-state index contributed by atoms with van der Waals surface area (Å²) in [6, 6.07) is 5.49. The Balaban J connectivity index is 2.12. The molecule has 2 rings (SSSR count). The molecule has 6 heteroatoms. The molecule has 1 fully saturated rings.